The maximum absolute atomic E-state index is 6.10. The average molecular weight is 497 g/mol. The lowest BCUT2D eigenvalue weighted by molar-refractivity contribution is -0.0721. The fraction of sp³-hybridized carbons (Fsp3) is 0.950. The summed E-state index contributed by atoms with van der Waals surface area (Å²) < 4.78 is 17.5. The van der Waals surface area contributed by atoms with Crippen molar-refractivity contribution in [3.63, 3.8) is 0 Å². The van der Waals surface area contributed by atoms with E-state index in [0.29, 0.717) is 18.1 Å². The molecule has 0 radical (unpaired) electrons. The standard InChI is InChI=1S/C20H39N3O3.HI/c1-17(2)15-24-13-6-10-22-20(21-3)23-11-8-18(9-12-23)26-16-19-7-4-5-14-25-19;/h17-19H,4-16H2,1-3H3,(H,21,22);1H. The molecule has 6 nitrogen and oxygen atoms in total. The van der Waals surface area contributed by atoms with Crippen molar-refractivity contribution < 1.29 is 14.2 Å². The van der Waals surface area contributed by atoms with Gasteiger partial charge in [-0.25, -0.2) is 0 Å². The maximum Gasteiger partial charge on any atom is 0.193 e. The zero-order valence-electron chi connectivity index (χ0n) is 17.5. The van der Waals surface area contributed by atoms with Gasteiger partial charge in [0.15, 0.2) is 5.96 Å². The summed E-state index contributed by atoms with van der Waals surface area (Å²) in [6, 6.07) is 0. The molecular formula is C20H40IN3O3. The smallest absolute Gasteiger partial charge is 0.193 e. The molecule has 160 valence electrons. The number of aliphatic imine (C=N–C) groups is 1. The van der Waals surface area contributed by atoms with Crippen molar-refractivity contribution in [2.45, 2.75) is 64.6 Å². The zero-order valence-corrected chi connectivity index (χ0v) is 19.8. The molecule has 0 spiro atoms. The largest absolute Gasteiger partial charge is 0.381 e. The van der Waals surface area contributed by atoms with Gasteiger partial charge in [-0.3, -0.25) is 4.99 Å². The van der Waals surface area contributed by atoms with Gasteiger partial charge in [0.25, 0.3) is 0 Å². The molecule has 2 heterocycles. The van der Waals surface area contributed by atoms with Gasteiger partial charge in [-0.05, 0) is 44.4 Å². The first kappa shape index (κ1) is 24.9. The second-order valence-electron chi connectivity index (χ2n) is 7.80. The third kappa shape index (κ3) is 10.3. The Bertz CT molecular complexity index is 396. The van der Waals surface area contributed by atoms with Gasteiger partial charge >= 0.3 is 0 Å². The minimum absolute atomic E-state index is 0. The van der Waals surface area contributed by atoms with Gasteiger partial charge in [-0.15, -0.1) is 24.0 Å². The predicted molar refractivity (Wildman–Crippen MR) is 121 cm³/mol. The molecule has 0 aromatic heterocycles. The molecule has 2 fully saturated rings. The first-order valence-corrected chi connectivity index (χ1v) is 10.5. The van der Waals surface area contributed by atoms with Gasteiger partial charge in [-0.1, -0.05) is 13.8 Å². The lowest BCUT2D eigenvalue weighted by Crippen LogP contribution is -2.47. The Balaban J connectivity index is 0.00000364. The molecule has 1 unspecified atom stereocenters. The minimum atomic E-state index is 0. The monoisotopic (exact) mass is 497 g/mol. The molecule has 2 rings (SSSR count). The predicted octanol–water partition coefficient (Wildman–Crippen LogP) is 3.29. The van der Waals surface area contributed by atoms with Gasteiger partial charge in [0.2, 0.25) is 0 Å². The highest BCUT2D eigenvalue weighted by Gasteiger charge is 2.23. The molecular weight excluding hydrogens is 457 g/mol. The molecule has 2 saturated heterocycles. The normalized spacial score (nSPS) is 22.0. The summed E-state index contributed by atoms with van der Waals surface area (Å²) >= 11 is 0. The molecule has 2 aliphatic heterocycles. The number of rotatable bonds is 9. The van der Waals surface area contributed by atoms with E-state index in [1.807, 2.05) is 7.05 Å². The first-order valence-electron chi connectivity index (χ1n) is 10.5. The van der Waals surface area contributed by atoms with Crippen LogP contribution in [-0.4, -0.2) is 76.2 Å². The van der Waals surface area contributed by atoms with Gasteiger partial charge in [-0.2, -0.15) is 0 Å². The van der Waals surface area contributed by atoms with Crippen molar-refractivity contribution in [2.75, 3.05) is 53.1 Å². The first-order chi connectivity index (χ1) is 12.7. The second-order valence-corrected chi connectivity index (χ2v) is 7.80. The number of halogens is 1. The van der Waals surface area contributed by atoms with Crippen molar-refractivity contribution in [2.24, 2.45) is 10.9 Å². The molecule has 0 aromatic rings. The third-order valence-electron chi connectivity index (χ3n) is 4.94. The van der Waals surface area contributed by atoms with Gasteiger partial charge in [0, 0.05) is 46.5 Å². The van der Waals surface area contributed by atoms with Crippen molar-refractivity contribution in [1.82, 2.24) is 10.2 Å². The number of nitrogens with one attached hydrogen (secondary N) is 1. The molecule has 7 heteroatoms. The molecule has 1 atom stereocenters. The van der Waals surface area contributed by atoms with Crippen molar-refractivity contribution in [3.8, 4) is 0 Å². The maximum atomic E-state index is 6.10. The molecule has 0 bridgehead atoms. The molecule has 0 aliphatic carbocycles. The summed E-state index contributed by atoms with van der Waals surface area (Å²) in [5, 5.41) is 3.46. The van der Waals surface area contributed by atoms with Crippen LogP contribution in [0, 0.1) is 5.92 Å². The Morgan fingerprint density at radius 3 is 2.63 bits per heavy atom. The Labute approximate surface area is 182 Å². The number of ether oxygens (including phenoxy) is 3. The van der Waals surface area contributed by atoms with Crippen LogP contribution in [0.1, 0.15) is 52.4 Å². The van der Waals surface area contributed by atoms with Crippen LogP contribution >= 0.6 is 24.0 Å². The van der Waals surface area contributed by atoms with Gasteiger partial charge < -0.3 is 24.4 Å². The summed E-state index contributed by atoms with van der Waals surface area (Å²) in [6.07, 6.45) is 7.43. The highest BCUT2D eigenvalue weighted by molar-refractivity contribution is 14.0. The number of hydrogen-bond acceptors (Lipinski definition) is 4. The van der Waals surface area contributed by atoms with E-state index in [2.05, 4.69) is 29.1 Å². The quantitative estimate of drug-likeness (QED) is 0.229. The SMILES string of the molecule is CN=C(NCCCOCC(C)C)N1CCC(OCC2CCCCO2)CC1.I. The summed E-state index contributed by atoms with van der Waals surface area (Å²) in [4.78, 5) is 6.77. The number of piperidine rings is 1. The van der Waals surface area contributed by atoms with Crippen LogP contribution in [0.4, 0.5) is 0 Å². The van der Waals surface area contributed by atoms with Crippen LogP contribution in [0.5, 0.6) is 0 Å². The molecule has 27 heavy (non-hydrogen) atoms. The molecule has 0 amide bonds. The fourth-order valence-corrected chi connectivity index (χ4v) is 3.44. The van der Waals surface area contributed by atoms with E-state index in [4.69, 9.17) is 14.2 Å². The van der Waals surface area contributed by atoms with Crippen LogP contribution in [0.15, 0.2) is 4.99 Å². The van der Waals surface area contributed by atoms with E-state index >= 15 is 0 Å². The van der Waals surface area contributed by atoms with Crippen LogP contribution in [0.25, 0.3) is 0 Å². The van der Waals surface area contributed by atoms with Crippen LogP contribution in [0.2, 0.25) is 0 Å². The Morgan fingerprint density at radius 2 is 2.00 bits per heavy atom. The van der Waals surface area contributed by atoms with E-state index in [0.717, 1.165) is 77.7 Å². The number of nitrogens with zero attached hydrogens (tertiary/aromatic N) is 2. The lowest BCUT2D eigenvalue weighted by Gasteiger charge is -2.35. The summed E-state index contributed by atoms with van der Waals surface area (Å²) in [6.45, 7) is 10.6. The van der Waals surface area contributed by atoms with Crippen LogP contribution in [-0.2, 0) is 14.2 Å². The molecule has 0 saturated carbocycles. The highest BCUT2D eigenvalue weighted by atomic mass is 127. The van der Waals surface area contributed by atoms with Crippen molar-refractivity contribution >= 4 is 29.9 Å². The third-order valence-corrected chi connectivity index (χ3v) is 4.94. The van der Waals surface area contributed by atoms with Gasteiger partial charge in [0.1, 0.15) is 0 Å². The number of guanidine groups is 1. The summed E-state index contributed by atoms with van der Waals surface area (Å²) in [5.41, 5.74) is 0. The average Bonchev–Trinajstić information content (AvgIpc) is 2.67. The highest BCUT2D eigenvalue weighted by Crippen LogP contribution is 2.17. The van der Waals surface area contributed by atoms with E-state index in [-0.39, 0.29) is 24.0 Å². The van der Waals surface area contributed by atoms with Crippen molar-refractivity contribution in [3.05, 3.63) is 0 Å². The summed E-state index contributed by atoms with van der Waals surface area (Å²) in [5.74, 6) is 1.60. The molecule has 0 aromatic carbocycles. The van der Waals surface area contributed by atoms with Gasteiger partial charge in [0.05, 0.1) is 18.8 Å². The van der Waals surface area contributed by atoms with Crippen molar-refractivity contribution in [1.29, 1.82) is 0 Å². The Morgan fingerprint density at radius 1 is 1.22 bits per heavy atom. The Kier molecular flexibility index (Phi) is 13.7. The van der Waals surface area contributed by atoms with E-state index < -0.39 is 0 Å². The molecule has 2 aliphatic rings. The van der Waals surface area contributed by atoms with E-state index in [1.165, 1.54) is 12.8 Å². The number of hydrogen-bond donors (Lipinski definition) is 1. The second kappa shape index (κ2) is 14.8. The zero-order chi connectivity index (χ0) is 18.6. The number of likely N-dealkylation sites (tertiary alicyclic amines) is 1. The van der Waals surface area contributed by atoms with Crippen LogP contribution in [0.3, 0.4) is 0 Å². The van der Waals surface area contributed by atoms with Crippen LogP contribution < -0.4 is 5.32 Å². The summed E-state index contributed by atoms with van der Waals surface area (Å²) in [7, 11) is 1.86. The lowest BCUT2D eigenvalue weighted by atomic mass is 10.1. The van der Waals surface area contributed by atoms with E-state index in [9.17, 15) is 0 Å². The van der Waals surface area contributed by atoms with E-state index in [1.54, 1.807) is 0 Å². The minimum Gasteiger partial charge on any atom is -0.381 e. The fourth-order valence-electron chi connectivity index (χ4n) is 3.44. The topological polar surface area (TPSA) is 55.3 Å². The molecule has 1 N–H and O–H groups in total. The Hall–Kier alpha value is -0.120.